The predicted octanol–water partition coefficient (Wildman–Crippen LogP) is 3.32. The third kappa shape index (κ3) is 2.66. The zero-order chi connectivity index (χ0) is 12.1. The molecule has 1 aromatic carbocycles. The molecule has 0 aromatic heterocycles. The summed E-state index contributed by atoms with van der Waals surface area (Å²) in [6, 6.07) is 5.73. The molecule has 84 valence electrons. The summed E-state index contributed by atoms with van der Waals surface area (Å²) in [5.74, 6) is -0.792. The number of carbonyl (C=O) groups is 1. The van der Waals surface area contributed by atoms with Crippen LogP contribution in [0, 0.1) is 23.1 Å². The van der Waals surface area contributed by atoms with Crippen molar-refractivity contribution in [3.05, 3.63) is 35.1 Å². The Labute approximate surface area is 94.7 Å². The van der Waals surface area contributed by atoms with Gasteiger partial charge in [0.25, 0.3) is 0 Å². The van der Waals surface area contributed by atoms with Gasteiger partial charge >= 0.3 is 0 Å². The van der Waals surface area contributed by atoms with Crippen LogP contribution in [0.1, 0.15) is 42.6 Å². The normalized spacial score (nSPS) is 11.9. The van der Waals surface area contributed by atoms with E-state index in [9.17, 15) is 9.18 Å². The van der Waals surface area contributed by atoms with Crippen molar-refractivity contribution in [2.24, 2.45) is 5.92 Å². The second-order valence-electron chi connectivity index (χ2n) is 3.86. The first kappa shape index (κ1) is 12.4. The largest absolute Gasteiger partial charge is 0.294 e. The second-order valence-corrected chi connectivity index (χ2v) is 3.86. The Hall–Kier alpha value is -1.69. The monoisotopic (exact) mass is 219 g/mol. The maximum absolute atomic E-state index is 13.3. The van der Waals surface area contributed by atoms with Gasteiger partial charge in [-0.05, 0) is 24.6 Å². The Kier molecular flexibility index (Phi) is 4.19. The number of nitrogens with zero attached hydrogens (tertiary/aromatic N) is 1. The number of Topliss-reactive ketones (excluding diaryl/α,β-unsaturated/α-hetero) is 1. The lowest BCUT2D eigenvalue weighted by Crippen LogP contribution is -2.11. The average molecular weight is 219 g/mol. The van der Waals surface area contributed by atoms with E-state index in [-0.39, 0.29) is 17.3 Å². The molecule has 0 aliphatic rings. The quantitative estimate of drug-likeness (QED) is 0.729. The molecule has 0 N–H and O–H groups in total. The summed E-state index contributed by atoms with van der Waals surface area (Å²) in [5, 5.41) is 8.57. The van der Waals surface area contributed by atoms with E-state index in [0.29, 0.717) is 5.56 Å². The van der Waals surface area contributed by atoms with Gasteiger partial charge < -0.3 is 0 Å². The molecule has 1 atom stereocenters. The van der Waals surface area contributed by atoms with Crippen LogP contribution in [-0.4, -0.2) is 5.78 Å². The highest BCUT2D eigenvalue weighted by Crippen LogP contribution is 2.16. The van der Waals surface area contributed by atoms with Crippen molar-refractivity contribution in [3.63, 3.8) is 0 Å². The molecule has 1 rings (SSSR count). The van der Waals surface area contributed by atoms with E-state index in [2.05, 4.69) is 0 Å². The molecule has 0 fully saturated rings. The SMILES string of the molecule is CCCC(C)C(=O)c1ccc(C#N)c(F)c1. The van der Waals surface area contributed by atoms with Crippen LogP contribution >= 0.6 is 0 Å². The van der Waals surface area contributed by atoms with Crippen molar-refractivity contribution < 1.29 is 9.18 Å². The summed E-state index contributed by atoms with van der Waals surface area (Å²) in [4.78, 5) is 11.8. The molecule has 0 aliphatic heterocycles. The molecule has 16 heavy (non-hydrogen) atoms. The number of ketones is 1. The van der Waals surface area contributed by atoms with E-state index in [1.165, 1.54) is 12.1 Å². The summed E-state index contributed by atoms with van der Waals surface area (Å²) in [5.41, 5.74) is 0.317. The van der Waals surface area contributed by atoms with Crippen molar-refractivity contribution >= 4 is 5.78 Å². The van der Waals surface area contributed by atoms with Crippen molar-refractivity contribution in [2.45, 2.75) is 26.7 Å². The van der Waals surface area contributed by atoms with Crippen LogP contribution in [0.25, 0.3) is 0 Å². The van der Waals surface area contributed by atoms with E-state index in [4.69, 9.17) is 5.26 Å². The van der Waals surface area contributed by atoms with Gasteiger partial charge in [0.15, 0.2) is 5.78 Å². The number of carbonyl (C=O) groups excluding carboxylic acids is 1. The number of nitriles is 1. The van der Waals surface area contributed by atoms with Gasteiger partial charge in [-0.3, -0.25) is 4.79 Å². The summed E-state index contributed by atoms with van der Waals surface area (Å²) >= 11 is 0. The number of hydrogen-bond donors (Lipinski definition) is 0. The topological polar surface area (TPSA) is 40.9 Å². The molecule has 1 unspecified atom stereocenters. The van der Waals surface area contributed by atoms with Crippen LogP contribution in [0.2, 0.25) is 0 Å². The van der Waals surface area contributed by atoms with Gasteiger partial charge in [0.1, 0.15) is 11.9 Å². The molecule has 2 nitrogen and oxygen atoms in total. The molecule has 0 aliphatic carbocycles. The van der Waals surface area contributed by atoms with Gasteiger partial charge in [-0.1, -0.05) is 20.3 Å². The molecule has 0 amide bonds. The lowest BCUT2D eigenvalue weighted by molar-refractivity contribution is 0.0923. The van der Waals surface area contributed by atoms with Crippen LogP contribution < -0.4 is 0 Å². The molecular weight excluding hydrogens is 205 g/mol. The third-order valence-electron chi connectivity index (χ3n) is 2.54. The molecule has 0 saturated heterocycles. The lowest BCUT2D eigenvalue weighted by Gasteiger charge is -2.08. The molecule has 0 saturated carbocycles. The van der Waals surface area contributed by atoms with Gasteiger partial charge in [-0.2, -0.15) is 5.26 Å². The number of halogens is 1. The van der Waals surface area contributed by atoms with Crippen LogP contribution in [0.3, 0.4) is 0 Å². The Bertz CT molecular complexity index is 434. The Morgan fingerprint density at radius 2 is 2.25 bits per heavy atom. The first-order valence-electron chi connectivity index (χ1n) is 5.34. The highest BCUT2D eigenvalue weighted by Gasteiger charge is 2.15. The van der Waals surface area contributed by atoms with Crippen LogP contribution in [-0.2, 0) is 0 Å². The number of benzene rings is 1. The standard InChI is InChI=1S/C13H14FNO/c1-3-4-9(2)13(16)10-5-6-11(8-15)12(14)7-10/h5-7,9H,3-4H2,1-2H3. The summed E-state index contributed by atoms with van der Waals surface area (Å²) < 4.78 is 13.3. The number of rotatable bonds is 4. The highest BCUT2D eigenvalue weighted by atomic mass is 19.1. The Morgan fingerprint density at radius 3 is 2.75 bits per heavy atom. The Morgan fingerprint density at radius 1 is 1.56 bits per heavy atom. The summed E-state index contributed by atoms with van der Waals surface area (Å²) in [6.45, 7) is 3.84. The van der Waals surface area contributed by atoms with Crippen molar-refractivity contribution in [1.82, 2.24) is 0 Å². The molecule has 3 heteroatoms. The third-order valence-corrected chi connectivity index (χ3v) is 2.54. The van der Waals surface area contributed by atoms with Crippen molar-refractivity contribution in [2.75, 3.05) is 0 Å². The fourth-order valence-corrected chi connectivity index (χ4v) is 1.61. The van der Waals surface area contributed by atoms with Gasteiger partial charge in [-0.15, -0.1) is 0 Å². The second kappa shape index (κ2) is 5.41. The zero-order valence-corrected chi connectivity index (χ0v) is 9.46. The Balaban J connectivity index is 2.94. The van der Waals surface area contributed by atoms with Gasteiger partial charge in [0.2, 0.25) is 0 Å². The van der Waals surface area contributed by atoms with E-state index in [1.54, 1.807) is 6.07 Å². The maximum atomic E-state index is 13.3. The molecule has 0 bridgehead atoms. The molecule has 1 aromatic rings. The molecular formula is C13H14FNO. The fourth-order valence-electron chi connectivity index (χ4n) is 1.61. The van der Waals surface area contributed by atoms with Crippen LogP contribution in [0.4, 0.5) is 4.39 Å². The lowest BCUT2D eigenvalue weighted by atomic mass is 9.95. The first-order chi connectivity index (χ1) is 7.60. The number of hydrogen-bond acceptors (Lipinski definition) is 2. The minimum Gasteiger partial charge on any atom is -0.294 e. The minimum atomic E-state index is -0.628. The molecule has 0 spiro atoms. The van der Waals surface area contributed by atoms with Gasteiger partial charge in [0.05, 0.1) is 5.56 Å². The van der Waals surface area contributed by atoms with E-state index in [0.717, 1.165) is 18.9 Å². The molecule has 0 heterocycles. The van der Waals surface area contributed by atoms with Crippen molar-refractivity contribution in [1.29, 1.82) is 5.26 Å². The zero-order valence-electron chi connectivity index (χ0n) is 9.46. The van der Waals surface area contributed by atoms with Crippen LogP contribution in [0.15, 0.2) is 18.2 Å². The summed E-state index contributed by atoms with van der Waals surface area (Å²) in [7, 11) is 0. The van der Waals surface area contributed by atoms with Gasteiger partial charge in [0, 0.05) is 11.5 Å². The summed E-state index contributed by atoms with van der Waals surface area (Å²) in [6.07, 6.45) is 1.71. The first-order valence-corrected chi connectivity index (χ1v) is 5.34. The fraction of sp³-hybridized carbons (Fsp3) is 0.385. The van der Waals surface area contributed by atoms with E-state index in [1.807, 2.05) is 13.8 Å². The maximum Gasteiger partial charge on any atom is 0.165 e. The van der Waals surface area contributed by atoms with Crippen molar-refractivity contribution in [3.8, 4) is 6.07 Å². The predicted molar refractivity (Wildman–Crippen MR) is 59.5 cm³/mol. The van der Waals surface area contributed by atoms with E-state index >= 15 is 0 Å². The van der Waals surface area contributed by atoms with E-state index < -0.39 is 5.82 Å². The smallest absolute Gasteiger partial charge is 0.165 e. The van der Waals surface area contributed by atoms with Crippen LogP contribution in [0.5, 0.6) is 0 Å². The average Bonchev–Trinajstić information content (AvgIpc) is 2.28. The highest BCUT2D eigenvalue weighted by molar-refractivity contribution is 5.97. The van der Waals surface area contributed by atoms with Gasteiger partial charge in [-0.25, -0.2) is 4.39 Å². The molecule has 0 radical (unpaired) electrons. The minimum absolute atomic E-state index is 0.0281.